The molecule has 0 fully saturated rings. The summed E-state index contributed by atoms with van der Waals surface area (Å²) < 4.78 is 25.9. The lowest BCUT2D eigenvalue weighted by Gasteiger charge is -2.21. The van der Waals surface area contributed by atoms with E-state index in [1.807, 2.05) is 29.6 Å². The minimum atomic E-state index is -1.23. The summed E-state index contributed by atoms with van der Waals surface area (Å²) >= 11 is 0. The van der Waals surface area contributed by atoms with Crippen molar-refractivity contribution in [1.29, 1.82) is 0 Å². The summed E-state index contributed by atoms with van der Waals surface area (Å²) in [5.74, 6) is 1.85. The number of hydrogen-bond donors (Lipinski definition) is 0. The van der Waals surface area contributed by atoms with Gasteiger partial charge in [0, 0.05) is 19.7 Å². The molecule has 1 unspecified atom stereocenters. The van der Waals surface area contributed by atoms with Crippen LogP contribution in [0, 0.1) is 5.92 Å². The summed E-state index contributed by atoms with van der Waals surface area (Å²) in [6.07, 6.45) is 8.69. The van der Waals surface area contributed by atoms with Gasteiger partial charge in [-0.1, -0.05) is 19.1 Å². The lowest BCUT2D eigenvalue weighted by molar-refractivity contribution is 0.296. The van der Waals surface area contributed by atoms with Gasteiger partial charge in [0.15, 0.2) is 0 Å². The van der Waals surface area contributed by atoms with Gasteiger partial charge in [0.25, 0.3) is 0 Å². The lowest BCUT2D eigenvalue weighted by Crippen LogP contribution is -2.27. The Morgan fingerprint density at radius 2 is 2.13 bits per heavy atom. The van der Waals surface area contributed by atoms with E-state index in [4.69, 9.17) is 9.47 Å². The van der Waals surface area contributed by atoms with Crippen LogP contribution in [0.25, 0.3) is 0 Å². The molecule has 0 amide bonds. The van der Waals surface area contributed by atoms with Crippen molar-refractivity contribution in [3.05, 3.63) is 30.4 Å². The minimum absolute atomic E-state index is 0.464. The van der Waals surface area contributed by atoms with Gasteiger partial charge in [-0.15, -0.1) is 0 Å². The normalized spacial score (nSPS) is 25.7. The highest BCUT2D eigenvalue weighted by Gasteiger charge is 2.18. The van der Waals surface area contributed by atoms with Gasteiger partial charge >= 0.3 is 0 Å². The van der Waals surface area contributed by atoms with Crippen molar-refractivity contribution in [2.24, 2.45) is 5.92 Å². The summed E-state index contributed by atoms with van der Waals surface area (Å²) in [6.45, 7) is 3.60. The first-order valence-corrected chi connectivity index (χ1v) is 9.31. The standard InChI is InChI=1S/C18H27NO3S/c1-15-9-7-5-4-6-8-12-22-17-13-16(21-3)10-11-18(17)23(20)19(2)14-15/h5,7,10-11,13,15H,4,6,8-9,12,14H2,1-3H3/b7-5+/t15-,23?/m0/s1. The van der Waals surface area contributed by atoms with E-state index >= 15 is 0 Å². The quantitative estimate of drug-likeness (QED) is 0.732. The average Bonchev–Trinajstić information content (AvgIpc) is 2.55. The van der Waals surface area contributed by atoms with Crippen molar-refractivity contribution >= 4 is 11.0 Å². The van der Waals surface area contributed by atoms with Gasteiger partial charge in [-0.2, -0.15) is 0 Å². The van der Waals surface area contributed by atoms with Gasteiger partial charge in [0.2, 0.25) is 0 Å². The van der Waals surface area contributed by atoms with Gasteiger partial charge in [0.1, 0.15) is 22.5 Å². The van der Waals surface area contributed by atoms with E-state index in [-0.39, 0.29) is 0 Å². The lowest BCUT2D eigenvalue weighted by atomic mass is 10.1. The molecule has 1 heterocycles. The molecule has 5 heteroatoms. The zero-order valence-electron chi connectivity index (χ0n) is 14.3. The maximum absolute atomic E-state index is 12.8. The number of methoxy groups -OCH3 is 1. The van der Waals surface area contributed by atoms with E-state index in [0.29, 0.717) is 23.2 Å². The monoisotopic (exact) mass is 337 g/mol. The number of rotatable bonds is 1. The van der Waals surface area contributed by atoms with Crippen LogP contribution >= 0.6 is 0 Å². The number of hydrogen-bond acceptors (Lipinski definition) is 3. The first-order valence-electron chi connectivity index (χ1n) is 8.20. The molecule has 0 spiro atoms. The maximum Gasteiger partial charge on any atom is 0.140 e. The van der Waals surface area contributed by atoms with E-state index in [0.717, 1.165) is 38.0 Å². The van der Waals surface area contributed by atoms with Crippen molar-refractivity contribution in [3.8, 4) is 11.5 Å². The Hall–Kier alpha value is -1.33. The first kappa shape index (κ1) is 18.0. The van der Waals surface area contributed by atoms with Crippen molar-refractivity contribution in [3.63, 3.8) is 0 Å². The van der Waals surface area contributed by atoms with Crippen LogP contribution in [0.4, 0.5) is 0 Å². The molecule has 0 saturated carbocycles. The van der Waals surface area contributed by atoms with E-state index < -0.39 is 11.0 Å². The van der Waals surface area contributed by atoms with Gasteiger partial charge in [0.05, 0.1) is 18.6 Å². The van der Waals surface area contributed by atoms with Gasteiger partial charge in [-0.05, 0) is 43.7 Å². The smallest absolute Gasteiger partial charge is 0.140 e. The fourth-order valence-electron chi connectivity index (χ4n) is 2.61. The minimum Gasteiger partial charge on any atom is -0.497 e. The Bertz CT molecular complexity index is 559. The number of allylic oxidation sites excluding steroid dienone is 2. The summed E-state index contributed by atoms with van der Waals surface area (Å²) in [6, 6.07) is 5.51. The molecule has 2 atom stereocenters. The Morgan fingerprint density at radius 1 is 1.30 bits per heavy atom. The highest BCUT2D eigenvalue weighted by atomic mass is 32.2. The molecule has 2 rings (SSSR count). The Morgan fingerprint density at radius 3 is 2.91 bits per heavy atom. The summed E-state index contributed by atoms with van der Waals surface area (Å²) in [4.78, 5) is 0.716. The van der Waals surface area contributed by atoms with Gasteiger partial charge < -0.3 is 9.47 Å². The van der Waals surface area contributed by atoms with E-state index in [1.165, 1.54) is 0 Å². The van der Waals surface area contributed by atoms with Crippen molar-refractivity contribution < 1.29 is 13.7 Å². The molecule has 0 radical (unpaired) electrons. The third-order valence-electron chi connectivity index (χ3n) is 3.92. The Labute approximate surface area is 142 Å². The van der Waals surface area contributed by atoms with Crippen molar-refractivity contribution in [2.45, 2.75) is 37.5 Å². The number of benzene rings is 1. The summed E-state index contributed by atoms with van der Waals surface area (Å²) in [5, 5.41) is 0. The molecule has 0 aromatic heterocycles. The third-order valence-corrected chi connectivity index (χ3v) is 5.35. The maximum atomic E-state index is 12.8. The SMILES string of the molecule is COc1ccc2c(c1)OCCCC/C=C/C[C@H](C)CN(C)S2=O. The molecular formula is C18H27NO3S. The molecule has 1 aromatic carbocycles. The second kappa shape index (κ2) is 9.08. The largest absolute Gasteiger partial charge is 0.497 e. The van der Waals surface area contributed by atoms with Crippen LogP contribution in [0.15, 0.2) is 35.2 Å². The zero-order valence-corrected chi connectivity index (χ0v) is 15.1. The summed E-state index contributed by atoms with van der Waals surface area (Å²) in [7, 11) is 2.29. The molecule has 1 aromatic rings. The highest BCUT2D eigenvalue weighted by Crippen LogP contribution is 2.29. The van der Waals surface area contributed by atoms with E-state index in [1.54, 1.807) is 7.11 Å². The molecule has 4 nitrogen and oxygen atoms in total. The van der Waals surface area contributed by atoms with Crippen molar-refractivity contribution in [2.75, 3.05) is 27.3 Å². The van der Waals surface area contributed by atoms with E-state index in [2.05, 4.69) is 19.1 Å². The van der Waals surface area contributed by atoms with Crippen LogP contribution in [-0.2, 0) is 11.0 Å². The third kappa shape index (κ3) is 5.36. The Balaban J connectivity index is 2.24. The molecule has 1 aliphatic heterocycles. The topological polar surface area (TPSA) is 38.8 Å². The van der Waals surface area contributed by atoms with Gasteiger partial charge in [-0.25, -0.2) is 8.51 Å². The second-order valence-electron chi connectivity index (χ2n) is 6.03. The fourth-order valence-corrected chi connectivity index (χ4v) is 3.81. The zero-order chi connectivity index (χ0) is 16.7. The highest BCUT2D eigenvalue weighted by molar-refractivity contribution is 7.82. The number of ether oxygens (including phenoxy) is 2. The van der Waals surface area contributed by atoms with Crippen LogP contribution in [0.1, 0.15) is 32.6 Å². The molecule has 0 N–H and O–H groups in total. The molecule has 1 aliphatic rings. The molecular weight excluding hydrogens is 310 g/mol. The molecule has 23 heavy (non-hydrogen) atoms. The Kier molecular flexibility index (Phi) is 7.12. The molecule has 0 aliphatic carbocycles. The van der Waals surface area contributed by atoms with Crippen LogP contribution in [0.2, 0.25) is 0 Å². The average molecular weight is 337 g/mol. The van der Waals surface area contributed by atoms with Gasteiger partial charge in [-0.3, -0.25) is 0 Å². The number of fused-ring (bicyclic) bond motifs is 1. The van der Waals surface area contributed by atoms with Crippen LogP contribution in [0.5, 0.6) is 11.5 Å². The molecule has 128 valence electrons. The van der Waals surface area contributed by atoms with E-state index in [9.17, 15) is 4.21 Å². The predicted octanol–water partition coefficient (Wildman–Crippen LogP) is 3.79. The second-order valence-corrected chi connectivity index (χ2v) is 7.59. The molecule has 0 bridgehead atoms. The summed E-state index contributed by atoms with van der Waals surface area (Å²) in [5.41, 5.74) is 0. The van der Waals surface area contributed by atoms with Crippen LogP contribution < -0.4 is 9.47 Å². The molecule has 0 saturated heterocycles. The van der Waals surface area contributed by atoms with Crippen LogP contribution in [0.3, 0.4) is 0 Å². The van der Waals surface area contributed by atoms with Crippen molar-refractivity contribution in [1.82, 2.24) is 4.31 Å². The predicted molar refractivity (Wildman–Crippen MR) is 94.3 cm³/mol. The first-order chi connectivity index (χ1) is 11.1. The number of nitrogens with zero attached hydrogens (tertiary/aromatic N) is 1. The van der Waals surface area contributed by atoms with Crippen LogP contribution in [-0.4, -0.2) is 35.8 Å². The fraction of sp³-hybridized carbons (Fsp3) is 0.556.